The second-order valence-electron chi connectivity index (χ2n) is 5.56. The molecule has 2 aromatic carbocycles. The highest BCUT2D eigenvalue weighted by molar-refractivity contribution is 5.99. The zero-order valence-electron chi connectivity index (χ0n) is 14.9. The molecule has 0 aliphatic heterocycles. The summed E-state index contributed by atoms with van der Waals surface area (Å²) in [5.74, 6) is 0.833. The first kappa shape index (κ1) is 19.1. The van der Waals surface area contributed by atoms with Crippen LogP contribution in [0.2, 0.25) is 0 Å². The van der Waals surface area contributed by atoms with Crippen LogP contribution in [0, 0.1) is 0 Å². The molecule has 0 radical (unpaired) electrons. The molecular weight excluding hydrogens is 332 g/mol. The normalized spacial score (nSPS) is 9.92. The van der Waals surface area contributed by atoms with Crippen molar-refractivity contribution in [3.05, 3.63) is 66.7 Å². The van der Waals surface area contributed by atoms with Crippen molar-refractivity contribution in [2.24, 2.45) is 0 Å². The SMILES string of the molecule is C=CCOc1ccc(C(=O)N(C)CC(=O)Nc2ccc(OC)cc2)cc1. The number of nitrogens with zero attached hydrogens (tertiary/aromatic N) is 1. The molecule has 0 aliphatic rings. The number of benzene rings is 2. The van der Waals surface area contributed by atoms with Crippen LogP contribution in [0.5, 0.6) is 11.5 Å². The highest BCUT2D eigenvalue weighted by Gasteiger charge is 2.15. The summed E-state index contributed by atoms with van der Waals surface area (Å²) < 4.78 is 10.5. The molecule has 0 aliphatic carbocycles. The predicted molar refractivity (Wildman–Crippen MR) is 101 cm³/mol. The molecule has 0 fully saturated rings. The van der Waals surface area contributed by atoms with Gasteiger partial charge in [0.15, 0.2) is 0 Å². The van der Waals surface area contributed by atoms with Crippen LogP contribution >= 0.6 is 0 Å². The minimum Gasteiger partial charge on any atom is -0.497 e. The maximum atomic E-state index is 12.4. The summed E-state index contributed by atoms with van der Waals surface area (Å²) in [5, 5.41) is 2.74. The van der Waals surface area contributed by atoms with Crippen molar-refractivity contribution in [3.63, 3.8) is 0 Å². The van der Waals surface area contributed by atoms with Gasteiger partial charge in [0.1, 0.15) is 18.1 Å². The van der Waals surface area contributed by atoms with E-state index in [0.717, 1.165) is 0 Å². The number of nitrogens with one attached hydrogen (secondary N) is 1. The average Bonchev–Trinajstić information content (AvgIpc) is 2.66. The predicted octanol–water partition coefficient (Wildman–Crippen LogP) is 2.97. The monoisotopic (exact) mass is 354 g/mol. The summed E-state index contributed by atoms with van der Waals surface area (Å²) in [6.07, 6.45) is 1.65. The summed E-state index contributed by atoms with van der Waals surface area (Å²) in [7, 11) is 3.16. The number of hydrogen-bond donors (Lipinski definition) is 1. The maximum absolute atomic E-state index is 12.4. The molecule has 0 heterocycles. The van der Waals surface area contributed by atoms with E-state index in [-0.39, 0.29) is 18.4 Å². The Kier molecular flexibility index (Phi) is 6.79. The quantitative estimate of drug-likeness (QED) is 0.740. The Labute approximate surface area is 153 Å². The van der Waals surface area contributed by atoms with E-state index in [9.17, 15) is 9.59 Å². The molecule has 0 atom stereocenters. The van der Waals surface area contributed by atoms with Crippen molar-refractivity contribution in [3.8, 4) is 11.5 Å². The zero-order chi connectivity index (χ0) is 18.9. The van der Waals surface area contributed by atoms with E-state index in [2.05, 4.69) is 11.9 Å². The Morgan fingerprint density at radius 2 is 1.69 bits per heavy atom. The van der Waals surface area contributed by atoms with Gasteiger partial charge in [-0.3, -0.25) is 9.59 Å². The lowest BCUT2D eigenvalue weighted by atomic mass is 10.2. The summed E-state index contributed by atoms with van der Waals surface area (Å²) in [5.41, 5.74) is 1.12. The van der Waals surface area contributed by atoms with Crippen molar-refractivity contribution >= 4 is 17.5 Å². The van der Waals surface area contributed by atoms with Gasteiger partial charge < -0.3 is 19.7 Å². The lowest BCUT2D eigenvalue weighted by Gasteiger charge is -2.17. The van der Waals surface area contributed by atoms with Crippen molar-refractivity contribution in [1.29, 1.82) is 0 Å². The van der Waals surface area contributed by atoms with Crippen molar-refractivity contribution < 1.29 is 19.1 Å². The zero-order valence-corrected chi connectivity index (χ0v) is 14.9. The number of ether oxygens (including phenoxy) is 2. The summed E-state index contributed by atoms with van der Waals surface area (Å²) >= 11 is 0. The molecule has 2 amide bonds. The van der Waals surface area contributed by atoms with Gasteiger partial charge in [-0.1, -0.05) is 12.7 Å². The minimum absolute atomic E-state index is 0.0560. The lowest BCUT2D eigenvalue weighted by molar-refractivity contribution is -0.116. The molecule has 6 nitrogen and oxygen atoms in total. The molecule has 1 N–H and O–H groups in total. The summed E-state index contributed by atoms with van der Waals surface area (Å²) in [6.45, 7) is 3.93. The topological polar surface area (TPSA) is 67.9 Å². The van der Waals surface area contributed by atoms with Gasteiger partial charge >= 0.3 is 0 Å². The number of carbonyl (C=O) groups excluding carboxylic acids is 2. The van der Waals surface area contributed by atoms with E-state index in [4.69, 9.17) is 9.47 Å². The molecular formula is C20H22N2O4. The third kappa shape index (κ3) is 5.37. The third-order valence-electron chi connectivity index (χ3n) is 3.57. The second-order valence-corrected chi connectivity index (χ2v) is 5.56. The fourth-order valence-corrected chi connectivity index (χ4v) is 2.23. The van der Waals surface area contributed by atoms with Gasteiger partial charge in [0, 0.05) is 18.3 Å². The van der Waals surface area contributed by atoms with E-state index in [1.165, 1.54) is 4.90 Å². The van der Waals surface area contributed by atoms with Gasteiger partial charge in [0.05, 0.1) is 13.7 Å². The Morgan fingerprint density at radius 3 is 2.27 bits per heavy atom. The van der Waals surface area contributed by atoms with Crippen LogP contribution in [0.25, 0.3) is 0 Å². The fraction of sp³-hybridized carbons (Fsp3) is 0.200. The number of rotatable bonds is 8. The Balaban J connectivity index is 1.90. The Bertz CT molecular complexity index is 754. The summed E-state index contributed by atoms with van der Waals surface area (Å²) in [6, 6.07) is 13.7. The van der Waals surface area contributed by atoms with Crippen LogP contribution in [-0.2, 0) is 4.79 Å². The number of likely N-dealkylation sites (N-methyl/N-ethyl adjacent to an activating group) is 1. The molecule has 6 heteroatoms. The Hall–Kier alpha value is -3.28. The van der Waals surface area contributed by atoms with Gasteiger partial charge in [0.2, 0.25) is 5.91 Å². The van der Waals surface area contributed by atoms with Crippen molar-refractivity contribution in [2.75, 3.05) is 32.6 Å². The van der Waals surface area contributed by atoms with E-state index in [1.54, 1.807) is 68.8 Å². The van der Waals surface area contributed by atoms with Gasteiger partial charge in [-0.25, -0.2) is 0 Å². The van der Waals surface area contributed by atoms with Gasteiger partial charge in [-0.05, 0) is 48.5 Å². The molecule has 2 aromatic rings. The second kappa shape index (κ2) is 9.27. The molecule has 26 heavy (non-hydrogen) atoms. The molecule has 2 rings (SSSR count). The fourth-order valence-electron chi connectivity index (χ4n) is 2.23. The molecule has 0 bridgehead atoms. The van der Waals surface area contributed by atoms with Crippen LogP contribution in [-0.4, -0.2) is 44.0 Å². The first-order valence-electron chi connectivity index (χ1n) is 8.06. The third-order valence-corrected chi connectivity index (χ3v) is 3.57. The lowest BCUT2D eigenvalue weighted by Crippen LogP contribution is -2.34. The molecule has 0 saturated heterocycles. The van der Waals surface area contributed by atoms with Gasteiger partial charge in [-0.15, -0.1) is 0 Å². The molecule has 0 saturated carbocycles. The molecule has 0 aromatic heterocycles. The highest BCUT2D eigenvalue weighted by atomic mass is 16.5. The largest absolute Gasteiger partial charge is 0.497 e. The van der Waals surface area contributed by atoms with Crippen LogP contribution in [0.1, 0.15) is 10.4 Å². The van der Waals surface area contributed by atoms with Gasteiger partial charge in [0.25, 0.3) is 5.91 Å². The maximum Gasteiger partial charge on any atom is 0.254 e. The van der Waals surface area contributed by atoms with E-state index in [0.29, 0.717) is 29.4 Å². The highest BCUT2D eigenvalue weighted by Crippen LogP contribution is 2.16. The van der Waals surface area contributed by atoms with Crippen molar-refractivity contribution in [1.82, 2.24) is 4.90 Å². The van der Waals surface area contributed by atoms with E-state index >= 15 is 0 Å². The van der Waals surface area contributed by atoms with Crippen LogP contribution in [0.15, 0.2) is 61.2 Å². The number of amides is 2. The van der Waals surface area contributed by atoms with Crippen LogP contribution < -0.4 is 14.8 Å². The molecule has 0 spiro atoms. The molecule has 0 unspecified atom stereocenters. The smallest absolute Gasteiger partial charge is 0.254 e. The number of methoxy groups -OCH3 is 1. The minimum atomic E-state index is -0.281. The number of anilines is 1. The first-order chi connectivity index (χ1) is 12.5. The van der Waals surface area contributed by atoms with Gasteiger partial charge in [-0.2, -0.15) is 0 Å². The number of carbonyl (C=O) groups is 2. The Morgan fingerprint density at radius 1 is 1.08 bits per heavy atom. The first-order valence-corrected chi connectivity index (χ1v) is 8.06. The average molecular weight is 354 g/mol. The van der Waals surface area contributed by atoms with Crippen molar-refractivity contribution in [2.45, 2.75) is 0 Å². The van der Waals surface area contributed by atoms with E-state index < -0.39 is 0 Å². The standard InChI is InChI=1S/C20H22N2O4/c1-4-13-26-18-9-5-15(6-10-18)20(24)22(2)14-19(23)21-16-7-11-17(25-3)12-8-16/h4-12H,1,13-14H2,2-3H3,(H,21,23). The van der Waals surface area contributed by atoms with E-state index in [1.807, 2.05) is 0 Å². The number of hydrogen-bond acceptors (Lipinski definition) is 4. The van der Waals surface area contributed by atoms with Crippen LogP contribution in [0.3, 0.4) is 0 Å². The summed E-state index contributed by atoms with van der Waals surface area (Å²) in [4.78, 5) is 25.9. The van der Waals surface area contributed by atoms with Crippen LogP contribution in [0.4, 0.5) is 5.69 Å². The molecule has 136 valence electrons.